The van der Waals surface area contributed by atoms with Crippen LogP contribution >= 0.6 is 22.9 Å². The van der Waals surface area contributed by atoms with Gasteiger partial charge < -0.3 is 9.26 Å². The Balaban J connectivity index is 2.10. The van der Waals surface area contributed by atoms with Gasteiger partial charge in [0.15, 0.2) is 5.76 Å². The van der Waals surface area contributed by atoms with Crippen molar-refractivity contribution < 1.29 is 17.7 Å². The molecule has 0 unspecified atom stereocenters. The number of sulfonamides is 1. The predicted octanol–water partition coefficient (Wildman–Crippen LogP) is 5.10. The normalized spacial score (nSPS) is 11.6. The van der Waals surface area contributed by atoms with E-state index in [2.05, 4.69) is 9.88 Å². The summed E-state index contributed by atoms with van der Waals surface area (Å²) in [5, 5.41) is 4.28. The summed E-state index contributed by atoms with van der Waals surface area (Å²) >= 11 is 7.51. The Labute approximate surface area is 167 Å². The third-order valence-corrected chi connectivity index (χ3v) is 7.26. The predicted molar refractivity (Wildman–Crippen MR) is 108 cm³/mol. The Hall–Kier alpha value is -2.03. The van der Waals surface area contributed by atoms with Gasteiger partial charge in [-0.25, -0.2) is 8.42 Å². The van der Waals surface area contributed by atoms with Crippen molar-refractivity contribution in [1.29, 1.82) is 0 Å². The Kier molecular flexibility index (Phi) is 5.24. The van der Waals surface area contributed by atoms with Crippen LogP contribution in [0.4, 0.5) is 5.69 Å². The highest BCUT2D eigenvalue weighted by Gasteiger charge is 2.30. The van der Waals surface area contributed by atoms with Crippen LogP contribution in [0.2, 0.25) is 5.02 Å². The van der Waals surface area contributed by atoms with Crippen molar-refractivity contribution in [3.63, 3.8) is 0 Å². The second-order valence-electron chi connectivity index (χ2n) is 6.10. The van der Waals surface area contributed by atoms with E-state index in [0.29, 0.717) is 32.7 Å². The van der Waals surface area contributed by atoms with E-state index in [0.717, 1.165) is 16.1 Å². The number of nitrogens with one attached hydrogen (secondary N) is 1. The molecule has 0 bridgehead atoms. The van der Waals surface area contributed by atoms with E-state index in [-0.39, 0.29) is 4.90 Å². The standard InChI is InChI=1S/C18H19ClN2O4S2/c1-9-10(2)20-25-17(9)16-11(3)26-12(4)18(16)27(22,23)21-13-6-7-15(24-5)14(19)8-13/h6-8,21H,1-5H3. The van der Waals surface area contributed by atoms with Crippen LogP contribution in [0.1, 0.15) is 21.0 Å². The van der Waals surface area contributed by atoms with Crippen LogP contribution in [-0.2, 0) is 10.0 Å². The molecule has 0 spiro atoms. The summed E-state index contributed by atoms with van der Waals surface area (Å²) in [5.74, 6) is 0.943. The number of benzene rings is 1. The molecule has 144 valence electrons. The number of aryl methyl sites for hydroxylation is 3. The molecule has 0 aliphatic rings. The van der Waals surface area contributed by atoms with E-state index in [9.17, 15) is 8.42 Å². The Morgan fingerprint density at radius 2 is 1.89 bits per heavy atom. The second kappa shape index (κ2) is 7.18. The van der Waals surface area contributed by atoms with Crippen molar-refractivity contribution in [3.05, 3.63) is 44.2 Å². The van der Waals surface area contributed by atoms with Gasteiger partial charge in [-0.3, -0.25) is 4.72 Å². The lowest BCUT2D eigenvalue weighted by molar-refractivity contribution is 0.415. The van der Waals surface area contributed by atoms with Crippen LogP contribution in [0.3, 0.4) is 0 Å². The number of ether oxygens (including phenoxy) is 1. The average Bonchev–Trinajstić information content (AvgIpc) is 3.06. The highest BCUT2D eigenvalue weighted by molar-refractivity contribution is 7.93. The zero-order valence-corrected chi connectivity index (χ0v) is 17.9. The van der Waals surface area contributed by atoms with E-state index in [1.165, 1.54) is 24.5 Å². The van der Waals surface area contributed by atoms with Crippen LogP contribution in [0.15, 0.2) is 27.6 Å². The van der Waals surface area contributed by atoms with Crippen LogP contribution in [0, 0.1) is 27.7 Å². The van der Waals surface area contributed by atoms with E-state index in [1.807, 2.05) is 20.8 Å². The summed E-state index contributed by atoms with van der Waals surface area (Å²) in [6.45, 7) is 7.33. The Morgan fingerprint density at radius 1 is 1.19 bits per heavy atom. The molecule has 0 amide bonds. The smallest absolute Gasteiger partial charge is 0.263 e. The van der Waals surface area contributed by atoms with Gasteiger partial charge in [0.05, 0.1) is 29.1 Å². The molecule has 6 nitrogen and oxygen atoms in total. The van der Waals surface area contributed by atoms with Crippen LogP contribution in [-0.4, -0.2) is 20.7 Å². The molecule has 1 aromatic carbocycles. The lowest BCUT2D eigenvalue weighted by Crippen LogP contribution is -2.14. The molecule has 0 aliphatic carbocycles. The average molecular weight is 427 g/mol. The molecule has 27 heavy (non-hydrogen) atoms. The van der Waals surface area contributed by atoms with E-state index >= 15 is 0 Å². The summed E-state index contributed by atoms with van der Waals surface area (Å²) in [6.07, 6.45) is 0. The van der Waals surface area contributed by atoms with Gasteiger partial charge in [0.25, 0.3) is 10.0 Å². The number of halogens is 1. The zero-order valence-electron chi connectivity index (χ0n) is 15.5. The fourth-order valence-electron chi connectivity index (χ4n) is 2.83. The maximum atomic E-state index is 13.2. The minimum atomic E-state index is -3.87. The molecule has 0 radical (unpaired) electrons. The van der Waals surface area contributed by atoms with Gasteiger partial charge in [-0.15, -0.1) is 11.3 Å². The van der Waals surface area contributed by atoms with Gasteiger partial charge in [-0.2, -0.15) is 0 Å². The van der Waals surface area contributed by atoms with Crippen molar-refractivity contribution in [2.24, 2.45) is 0 Å². The van der Waals surface area contributed by atoms with Crippen molar-refractivity contribution >= 4 is 38.6 Å². The number of nitrogens with zero attached hydrogens (tertiary/aromatic N) is 1. The first kappa shape index (κ1) is 19.7. The third-order valence-electron chi connectivity index (χ3n) is 4.26. The summed E-state index contributed by atoms with van der Waals surface area (Å²) in [4.78, 5) is 1.71. The number of rotatable bonds is 5. The number of anilines is 1. The molecule has 0 aliphatic heterocycles. The molecular formula is C18H19ClN2O4S2. The Morgan fingerprint density at radius 3 is 2.44 bits per heavy atom. The summed E-state index contributed by atoms with van der Waals surface area (Å²) < 4.78 is 39.5. The van der Waals surface area contributed by atoms with Gasteiger partial charge in [-0.05, 0) is 45.9 Å². The van der Waals surface area contributed by atoms with E-state index in [4.69, 9.17) is 20.9 Å². The molecule has 9 heteroatoms. The number of aromatic nitrogens is 1. The largest absolute Gasteiger partial charge is 0.495 e. The topological polar surface area (TPSA) is 81.4 Å². The monoisotopic (exact) mass is 426 g/mol. The highest BCUT2D eigenvalue weighted by atomic mass is 35.5. The maximum absolute atomic E-state index is 13.2. The summed E-state index contributed by atoms with van der Waals surface area (Å²) in [6, 6.07) is 4.72. The van der Waals surface area contributed by atoms with Crippen LogP contribution < -0.4 is 9.46 Å². The molecule has 2 aromatic heterocycles. The SMILES string of the molecule is COc1ccc(NS(=O)(=O)c2c(C)sc(C)c2-c2onc(C)c2C)cc1Cl. The first-order valence-electron chi connectivity index (χ1n) is 8.05. The highest BCUT2D eigenvalue weighted by Crippen LogP contribution is 2.41. The summed E-state index contributed by atoms with van der Waals surface area (Å²) in [7, 11) is -2.38. The first-order valence-corrected chi connectivity index (χ1v) is 10.7. The summed E-state index contributed by atoms with van der Waals surface area (Å²) in [5.41, 5.74) is 2.44. The molecule has 0 fully saturated rings. The molecule has 3 rings (SSSR count). The number of thiophene rings is 1. The second-order valence-corrected chi connectivity index (χ2v) is 9.55. The van der Waals surface area contributed by atoms with Gasteiger partial charge in [0, 0.05) is 15.3 Å². The first-order chi connectivity index (χ1) is 12.7. The minimum absolute atomic E-state index is 0.191. The van der Waals surface area contributed by atoms with Gasteiger partial charge >= 0.3 is 0 Å². The Bertz CT molecular complexity index is 1120. The van der Waals surface area contributed by atoms with Crippen molar-refractivity contribution in [2.75, 3.05) is 11.8 Å². The molecule has 0 saturated heterocycles. The lowest BCUT2D eigenvalue weighted by Gasteiger charge is -2.11. The molecule has 0 atom stereocenters. The van der Waals surface area contributed by atoms with Gasteiger partial charge in [0.2, 0.25) is 0 Å². The van der Waals surface area contributed by atoms with Crippen LogP contribution in [0.25, 0.3) is 11.3 Å². The molecular weight excluding hydrogens is 408 g/mol. The van der Waals surface area contributed by atoms with Crippen molar-refractivity contribution in [3.8, 4) is 17.1 Å². The molecule has 3 aromatic rings. The molecule has 2 heterocycles. The van der Waals surface area contributed by atoms with Gasteiger partial charge in [0.1, 0.15) is 10.6 Å². The number of hydrogen-bond acceptors (Lipinski definition) is 6. The van der Waals surface area contributed by atoms with Crippen LogP contribution in [0.5, 0.6) is 5.75 Å². The third kappa shape index (κ3) is 3.56. The number of methoxy groups -OCH3 is 1. The van der Waals surface area contributed by atoms with Crippen molar-refractivity contribution in [1.82, 2.24) is 5.16 Å². The van der Waals surface area contributed by atoms with E-state index < -0.39 is 10.0 Å². The fourth-order valence-corrected chi connectivity index (χ4v) is 5.99. The maximum Gasteiger partial charge on any atom is 0.263 e. The minimum Gasteiger partial charge on any atom is -0.495 e. The van der Waals surface area contributed by atoms with Crippen molar-refractivity contribution in [2.45, 2.75) is 32.6 Å². The number of hydrogen-bond donors (Lipinski definition) is 1. The van der Waals surface area contributed by atoms with Gasteiger partial charge in [-0.1, -0.05) is 16.8 Å². The zero-order chi connectivity index (χ0) is 19.9. The fraction of sp³-hybridized carbons (Fsp3) is 0.278. The molecule has 1 N–H and O–H groups in total. The lowest BCUT2D eigenvalue weighted by atomic mass is 10.1. The molecule has 0 saturated carbocycles. The quantitative estimate of drug-likeness (QED) is 0.613. The van der Waals surface area contributed by atoms with E-state index in [1.54, 1.807) is 19.1 Å².